The average Bonchev–Trinajstić information content (AvgIpc) is 3.01. The molecule has 2 aromatic carbocycles. The number of nitrogens with zero attached hydrogens (tertiary/aromatic N) is 1. The number of thiazole rings is 1. The number of aliphatic hydroxyl groups excluding tert-OH is 1. The molecule has 0 saturated carbocycles. The average molecular weight is 374 g/mol. The summed E-state index contributed by atoms with van der Waals surface area (Å²) in [6.45, 7) is 5.41. The van der Waals surface area contributed by atoms with Crippen LogP contribution in [0.15, 0.2) is 30.3 Å². The van der Waals surface area contributed by atoms with E-state index in [9.17, 15) is 9.18 Å². The minimum Gasteiger partial charge on any atom is -0.491 e. The van der Waals surface area contributed by atoms with E-state index in [1.54, 1.807) is 31.2 Å². The van der Waals surface area contributed by atoms with E-state index in [4.69, 9.17) is 9.84 Å². The minimum atomic E-state index is -0.607. The summed E-state index contributed by atoms with van der Waals surface area (Å²) in [4.78, 5) is 16.6. The van der Waals surface area contributed by atoms with E-state index in [1.165, 1.54) is 17.4 Å². The first-order valence-corrected chi connectivity index (χ1v) is 8.98. The lowest BCUT2D eigenvalue weighted by Gasteiger charge is -2.13. The highest BCUT2D eigenvalue weighted by Crippen LogP contribution is 2.29. The van der Waals surface area contributed by atoms with Gasteiger partial charge in [0.15, 0.2) is 5.82 Å². The largest absolute Gasteiger partial charge is 0.491 e. The second kappa shape index (κ2) is 7.39. The summed E-state index contributed by atoms with van der Waals surface area (Å²) < 4.78 is 20.9. The summed E-state index contributed by atoms with van der Waals surface area (Å²) in [5.41, 5.74) is 1.38. The number of aryl methyl sites for hydroxylation is 1. The standard InChI is InChI=1S/C19H19FN2O3S/c1-10(2)25-12-4-5-13(11(3)8-12)19(24)21-14-6-7-15-18(17(14)20)22-16(9-23)26-15/h4-8,10,23H,9H2,1-3H3,(H,21,24). The van der Waals surface area contributed by atoms with E-state index in [-0.39, 0.29) is 23.9 Å². The zero-order valence-corrected chi connectivity index (χ0v) is 15.5. The molecule has 26 heavy (non-hydrogen) atoms. The topological polar surface area (TPSA) is 71.5 Å². The number of benzene rings is 2. The molecule has 0 atom stereocenters. The predicted molar refractivity (Wildman–Crippen MR) is 100 cm³/mol. The lowest BCUT2D eigenvalue weighted by atomic mass is 10.1. The number of fused-ring (bicyclic) bond motifs is 1. The third-order valence-corrected chi connectivity index (χ3v) is 4.75. The van der Waals surface area contributed by atoms with E-state index in [0.29, 0.717) is 21.0 Å². The Hall–Kier alpha value is -2.51. The second-order valence-electron chi connectivity index (χ2n) is 6.14. The van der Waals surface area contributed by atoms with E-state index in [1.807, 2.05) is 13.8 Å². The van der Waals surface area contributed by atoms with Gasteiger partial charge < -0.3 is 15.2 Å². The van der Waals surface area contributed by atoms with E-state index in [0.717, 1.165) is 5.56 Å². The minimum absolute atomic E-state index is 0.0387. The molecule has 136 valence electrons. The monoisotopic (exact) mass is 374 g/mol. The summed E-state index contributed by atoms with van der Waals surface area (Å²) in [6, 6.07) is 8.33. The summed E-state index contributed by atoms with van der Waals surface area (Å²) in [5, 5.41) is 12.2. The smallest absolute Gasteiger partial charge is 0.256 e. The molecule has 3 aromatic rings. The molecule has 1 amide bonds. The van der Waals surface area contributed by atoms with Crippen LogP contribution in [-0.4, -0.2) is 22.1 Å². The van der Waals surface area contributed by atoms with Crippen molar-refractivity contribution in [1.29, 1.82) is 0 Å². The Balaban J connectivity index is 1.86. The molecule has 0 saturated heterocycles. The molecule has 0 radical (unpaired) electrons. The van der Waals surface area contributed by atoms with E-state index < -0.39 is 11.7 Å². The van der Waals surface area contributed by atoms with Gasteiger partial charge in [-0.05, 0) is 56.7 Å². The first-order valence-electron chi connectivity index (χ1n) is 8.16. The quantitative estimate of drug-likeness (QED) is 0.699. The van der Waals surface area contributed by atoms with Crippen LogP contribution in [0.4, 0.5) is 10.1 Å². The summed E-state index contributed by atoms with van der Waals surface area (Å²) >= 11 is 1.22. The van der Waals surface area contributed by atoms with Crippen LogP contribution < -0.4 is 10.1 Å². The van der Waals surface area contributed by atoms with Crippen molar-refractivity contribution < 1.29 is 19.0 Å². The van der Waals surface area contributed by atoms with Gasteiger partial charge in [0.1, 0.15) is 16.3 Å². The molecular formula is C19H19FN2O3S. The van der Waals surface area contributed by atoms with Crippen LogP contribution in [0.25, 0.3) is 10.2 Å². The number of nitrogens with one attached hydrogen (secondary N) is 1. The molecule has 0 unspecified atom stereocenters. The van der Waals surface area contributed by atoms with Crippen molar-refractivity contribution in [2.75, 3.05) is 5.32 Å². The van der Waals surface area contributed by atoms with Gasteiger partial charge in [-0.3, -0.25) is 4.79 Å². The fraction of sp³-hybridized carbons (Fsp3) is 0.263. The maximum atomic E-state index is 14.6. The Morgan fingerprint density at radius 1 is 1.35 bits per heavy atom. The number of rotatable bonds is 5. The van der Waals surface area contributed by atoms with Gasteiger partial charge in [0.05, 0.1) is 23.1 Å². The SMILES string of the molecule is Cc1cc(OC(C)C)ccc1C(=O)Nc1ccc2sc(CO)nc2c1F. The molecule has 1 heterocycles. The lowest BCUT2D eigenvalue weighted by Crippen LogP contribution is -2.15. The summed E-state index contributed by atoms with van der Waals surface area (Å²) in [6.07, 6.45) is 0.0387. The number of carbonyl (C=O) groups excluding carboxylic acids is 1. The lowest BCUT2D eigenvalue weighted by molar-refractivity contribution is 0.102. The first-order chi connectivity index (χ1) is 12.4. The van der Waals surface area contributed by atoms with Crippen molar-refractivity contribution in [3.8, 4) is 5.75 Å². The van der Waals surface area contributed by atoms with Gasteiger partial charge in [0.25, 0.3) is 5.91 Å². The van der Waals surface area contributed by atoms with E-state index >= 15 is 0 Å². The number of amides is 1. The van der Waals surface area contributed by atoms with Crippen LogP contribution in [0.1, 0.15) is 34.8 Å². The van der Waals surface area contributed by atoms with Gasteiger partial charge >= 0.3 is 0 Å². The summed E-state index contributed by atoms with van der Waals surface area (Å²) in [7, 11) is 0. The van der Waals surface area contributed by atoms with Crippen molar-refractivity contribution in [3.05, 3.63) is 52.3 Å². The van der Waals surface area contributed by atoms with Crippen molar-refractivity contribution in [1.82, 2.24) is 4.98 Å². The molecule has 3 rings (SSSR count). The molecule has 2 N–H and O–H groups in total. The zero-order valence-electron chi connectivity index (χ0n) is 14.7. The highest BCUT2D eigenvalue weighted by molar-refractivity contribution is 7.18. The van der Waals surface area contributed by atoms with Gasteiger partial charge in [0, 0.05) is 5.56 Å². The molecule has 0 aliphatic heterocycles. The number of carbonyl (C=O) groups is 1. The van der Waals surface area contributed by atoms with E-state index in [2.05, 4.69) is 10.3 Å². The molecule has 0 bridgehead atoms. The van der Waals surface area contributed by atoms with Gasteiger partial charge in [-0.2, -0.15) is 0 Å². The molecule has 0 fully saturated rings. The summed E-state index contributed by atoms with van der Waals surface area (Å²) in [5.74, 6) is -0.334. The highest BCUT2D eigenvalue weighted by atomic mass is 32.1. The number of aliphatic hydroxyl groups is 1. The molecule has 0 spiro atoms. The fourth-order valence-electron chi connectivity index (χ4n) is 2.60. The maximum Gasteiger partial charge on any atom is 0.256 e. The molecular weight excluding hydrogens is 355 g/mol. The van der Waals surface area contributed by atoms with Crippen LogP contribution in [0.2, 0.25) is 0 Å². The molecule has 0 aliphatic carbocycles. The third-order valence-electron chi connectivity index (χ3n) is 3.74. The van der Waals surface area contributed by atoms with Crippen molar-refractivity contribution >= 4 is 33.1 Å². The number of halogens is 1. The van der Waals surface area contributed by atoms with Crippen LogP contribution in [-0.2, 0) is 6.61 Å². The van der Waals surface area contributed by atoms with Gasteiger partial charge in [0.2, 0.25) is 0 Å². The molecule has 0 aliphatic rings. The van der Waals surface area contributed by atoms with Crippen LogP contribution in [0, 0.1) is 12.7 Å². The molecule has 7 heteroatoms. The molecule has 5 nitrogen and oxygen atoms in total. The Morgan fingerprint density at radius 3 is 2.77 bits per heavy atom. The van der Waals surface area contributed by atoms with Gasteiger partial charge in [-0.25, -0.2) is 9.37 Å². The Kier molecular flexibility index (Phi) is 5.20. The highest BCUT2D eigenvalue weighted by Gasteiger charge is 2.16. The number of anilines is 1. The Labute approximate surface area is 154 Å². The van der Waals surface area contributed by atoms with Gasteiger partial charge in [-0.1, -0.05) is 0 Å². The van der Waals surface area contributed by atoms with Crippen molar-refractivity contribution in [2.24, 2.45) is 0 Å². The van der Waals surface area contributed by atoms with Crippen molar-refractivity contribution in [2.45, 2.75) is 33.5 Å². The number of hydrogen-bond donors (Lipinski definition) is 2. The Morgan fingerprint density at radius 2 is 2.12 bits per heavy atom. The van der Waals surface area contributed by atoms with Crippen LogP contribution in [0.3, 0.4) is 0 Å². The van der Waals surface area contributed by atoms with Crippen LogP contribution >= 0.6 is 11.3 Å². The number of hydrogen-bond acceptors (Lipinski definition) is 5. The second-order valence-corrected chi connectivity index (χ2v) is 7.25. The third kappa shape index (κ3) is 3.68. The Bertz CT molecular complexity index is 969. The van der Waals surface area contributed by atoms with Crippen molar-refractivity contribution in [3.63, 3.8) is 0 Å². The first kappa shape index (κ1) is 18.3. The predicted octanol–water partition coefficient (Wildman–Crippen LogP) is 4.28. The van der Waals surface area contributed by atoms with Gasteiger partial charge in [-0.15, -0.1) is 11.3 Å². The fourth-order valence-corrected chi connectivity index (χ4v) is 3.42. The number of aromatic nitrogens is 1. The van der Waals surface area contributed by atoms with Crippen LogP contribution in [0.5, 0.6) is 5.75 Å². The zero-order chi connectivity index (χ0) is 18.8. The normalized spacial score (nSPS) is 11.2. The number of ether oxygens (including phenoxy) is 1. The molecule has 1 aromatic heterocycles. The maximum absolute atomic E-state index is 14.6.